The Balaban J connectivity index is 2.83. The van der Waals surface area contributed by atoms with Crippen molar-refractivity contribution in [3.05, 3.63) is 23.0 Å². The fourth-order valence-electron chi connectivity index (χ4n) is 1.58. The van der Waals surface area contributed by atoms with Crippen LogP contribution in [-0.4, -0.2) is 11.9 Å². The van der Waals surface area contributed by atoms with E-state index in [1.165, 1.54) is 0 Å². The number of aliphatic imine (C=N–C) groups is 1. The molecule has 0 aromatic carbocycles. The molecule has 1 aliphatic carbocycles. The fraction of sp³-hybridized carbons (Fsp3) is 0.455. The van der Waals surface area contributed by atoms with Crippen LogP contribution in [0.1, 0.15) is 26.7 Å². The molecule has 1 rings (SSSR count). The molecule has 16 heavy (non-hydrogen) atoms. The predicted molar refractivity (Wildman–Crippen MR) is 61.1 cm³/mol. The first-order valence-electron chi connectivity index (χ1n) is 5.13. The molecule has 0 fully saturated rings. The van der Waals surface area contributed by atoms with Crippen LogP contribution in [0.5, 0.6) is 0 Å². The van der Waals surface area contributed by atoms with Crippen LogP contribution in [0.15, 0.2) is 28.0 Å². The largest absolute Gasteiger partial charge is 0.370 e. The number of hydrogen-bond acceptors (Lipinski definition) is 1. The summed E-state index contributed by atoms with van der Waals surface area (Å²) >= 11 is 0. The van der Waals surface area contributed by atoms with Gasteiger partial charge in [-0.15, -0.1) is 0 Å². The molecule has 88 valence electrons. The molecule has 0 spiro atoms. The van der Waals surface area contributed by atoms with Gasteiger partial charge in [0.2, 0.25) is 0 Å². The highest BCUT2D eigenvalue weighted by Crippen LogP contribution is 2.32. The first-order valence-corrected chi connectivity index (χ1v) is 5.13. The highest BCUT2D eigenvalue weighted by molar-refractivity contribution is 6.02. The van der Waals surface area contributed by atoms with Crippen molar-refractivity contribution < 1.29 is 9.18 Å². The number of nitrogens with two attached hydrogens (primary N) is 2. The lowest BCUT2D eigenvalue weighted by Gasteiger charge is -2.04. The zero-order chi connectivity index (χ0) is 12.3. The molecule has 0 radical (unpaired) electrons. The maximum atomic E-state index is 13.8. The molecule has 5 heteroatoms. The maximum Gasteiger partial charge on any atom is 0.279 e. The number of halogens is 1. The molecule has 0 bridgehead atoms. The average molecular weight is 225 g/mol. The number of amides is 1. The van der Waals surface area contributed by atoms with Crippen molar-refractivity contribution in [2.24, 2.45) is 22.4 Å². The zero-order valence-corrected chi connectivity index (χ0v) is 9.46. The minimum atomic E-state index is -0.687. The fourth-order valence-corrected chi connectivity index (χ4v) is 1.58. The van der Waals surface area contributed by atoms with Gasteiger partial charge in [0, 0.05) is 0 Å². The summed E-state index contributed by atoms with van der Waals surface area (Å²) in [6.45, 7) is 3.98. The third-order valence-corrected chi connectivity index (χ3v) is 2.22. The quantitative estimate of drug-likeness (QED) is 0.562. The number of guanidine groups is 1. The second-order valence-electron chi connectivity index (χ2n) is 4.17. The summed E-state index contributed by atoms with van der Waals surface area (Å²) in [5, 5.41) is 0. The second-order valence-corrected chi connectivity index (χ2v) is 4.17. The topological polar surface area (TPSA) is 81.5 Å². The summed E-state index contributed by atoms with van der Waals surface area (Å²) in [6.07, 6.45) is 2.60. The van der Waals surface area contributed by atoms with Gasteiger partial charge in [0.05, 0.1) is 5.57 Å². The SMILES string of the molecule is CC(C)CC1=CCC(C(=O)N=C(N)N)=C1F. The van der Waals surface area contributed by atoms with Gasteiger partial charge >= 0.3 is 0 Å². The standard InChI is InChI=1S/C11H16FN3O/c1-6(2)5-7-3-4-8(9(7)12)10(16)15-11(13)14/h3,6H,4-5H2,1-2H3,(H4,13,14,15,16). The molecule has 4 N–H and O–H groups in total. The van der Waals surface area contributed by atoms with E-state index in [1.807, 2.05) is 13.8 Å². The molecule has 0 aromatic rings. The molecule has 4 nitrogen and oxygen atoms in total. The number of nitrogens with zero attached hydrogens (tertiary/aromatic N) is 1. The lowest BCUT2D eigenvalue weighted by molar-refractivity contribution is -0.114. The van der Waals surface area contributed by atoms with Crippen molar-refractivity contribution in [2.75, 3.05) is 0 Å². The predicted octanol–water partition coefficient (Wildman–Crippen LogP) is 1.39. The Morgan fingerprint density at radius 2 is 2.19 bits per heavy atom. The summed E-state index contributed by atoms with van der Waals surface area (Å²) in [7, 11) is 0. The molecule has 1 amide bonds. The van der Waals surface area contributed by atoms with Crippen LogP contribution in [0.25, 0.3) is 0 Å². The number of rotatable bonds is 3. The smallest absolute Gasteiger partial charge is 0.279 e. The molecular weight excluding hydrogens is 209 g/mol. The van der Waals surface area contributed by atoms with Crippen LogP contribution in [0.4, 0.5) is 4.39 Å². The number of carbonyl (C=O) groups is 1. The van der Waals surface area contributed by atoms with Gasteiger partial charge in [-0.05, 0) is 24.3 Å². The molecule has 1 aliphatic rings. The van der Waals surface area contributed by atoms with Gasteiger partial charge < -0.3 is 11.5 Å². The summed E-state index contributed by atoms with van der Waals surface area (Å²) in [5.74, 6) is -1.16. The third kappa shape index (κ3) is 2.92. The van der Waals surface area contributed by atoms with E-state index in [0.29, 0.717) is 17.9 Å². The Morgan fingerprint density at radius 1 is 1.56 bits per heavy atom. The van der Waals surface area contributed by atoms with Crippen LogP contribution in [0, 0.1) is 5.92 Å². The van der Waals surface area contributed by atoms with Crippen LogP contribution < -0.4 is 11.5 Å². The van der Waals surface area contributed by atoms with Crippen LogP contribution >= 0.6 is 0 Å². The highest BCUT2D eigenvalue weighted by Gasteiger charge is 2.23. The van der Waals surface area contributed by atoms with Gasteiger partial charge in [0.25, 0.3) is 5.91 Å². The Hall–Kier alpha value is -1.65. The monoisotopic (exact) mass is 225 g/mol. The zero-order valence-electron chi connectivity index (χ0n) is 9.46. The summed E-state index contributed by atoms with van der Waals surface area (Å²) in [5.41, 5.74) is 10.8. The Morgan fingerprint density at radius 3 is 2.69 bits per heavy atom. The summed E-state index contributed by atoms with van der Waals surface area (Å²) < 4.78 is 13.8. The Labute approximate surface area is 93.9 Å². The van der Waals surface area contributed by atoms with Gasteiger partial charge in [-0.1, -0.05) is 19.9 Å². The van der Waals surface area contributed by atoms with Crippen LogP contribution in [-0.2, 0) is 4.79 Å². The molecule has 0 atom stereocenters. The first kappa shape index (κ1) is 12.4. The normalized spacial score (nSPS) is 15.4. The van der Waals surface area contributed by atoms with Gasteiger partial charge in [-0.3, -0.25) is 4.79 Å². The molecular formula is C11H16FN3O. The molecule has 0 saturated carbocycles. The van der Waals surface area contributed by atoms with Crippen molar-refractivity contribution in [3.63, 3.8) is 0 Å². The van der Waals surface area contributed by atoms with E-state index < -0.39 is 11.7 Å². The van der Waals surface area contributed by atoms with Gasteiger partial charge in [-0.2, -0.15) is 4.99 Å². The van der Waals surface area contributed by atoms with Crippen LogP contribution in [0.3, 0.4) is 0 Å². The number of allylic oxidation sites excluding steroid dienone is 3. The van der Waals surface area contributed by atoms with E-state index in [1.54, 1.807) is 6.08 Å². The molecule has 0 aliphatic heterocycles. The first-order chi connectivity index (χ1) is 7.41. The molecule has 0 unspecified atom stereocenters. The number of carbonyl (C=O) groups excluding carboxylic acids is 1. The summed E-state index contributed by atoms with van der Waals surface area (Å²) in [4.78, 5) is 14.7. The van der Waals surface area contributed by atoms with Crippen molar-refractivity contribution in [2.45, 2.75) is 26.7 Å². The maximum absolute atomic E-state index is 13.8. The second kappa shape index (κ2) is 4.92. The number of hydrogen-bond donors (Lipinski definition) is 2. The Kier molecular flexibility index (Phi) is 3.82. The molecule has 0 aromatic heterocycles. The van der Waals surface area contributed by atoms with Gasteiger partial charge in [-0.25, -0.2) is 4.39 Å². The Bertz CT molecular complexity index is 390. The highest BCUT2D eigenvalue weighted by atomic mass is 19.1. The van der Waals surface area contributed by atoms with E-state index in [0.717, 1.165) is 0 Å². The van der Waals surface area contributed by atoms with E-state index in [2.05, 4.69) is 4.99 Å². The van der Waals surface area contributed by atoms with E-state index in [4.69, 9.17) is 11.5 Å². The minimum Gasteiger partial charge on any atom is -0.370 e. The van der Waals surface area contributed by atoms with E-state index >= 15 is 0 Å². The minimum absolute atomic E-state index is 0.0454. The van der Waals surface area contributed by atoms with E-state index in [-0.39, 0.29) is 18.0 Å². The van der Waals surface area contributed by atoms with Crippen LogP contribution in [0.2, 0.25) is 0 Å². The van der Waals surface area contributed by atoms with Gasteiger partial charge in [0.15, 0.2) is 5.96 Å². The lowest BCUT2D eigenvalue weighted by Crippen LogP contribution is -2.24. The molecule has 0 heterocycles. The lowest BCUT2D eigenvalue weighted by atomic mass is 10.0. The average Bonchev–Trinajstić information content (AvgIpc) is 2.46. The molecule has 0 saturated heterocycles. The van der Waals surface area contributed by atoms with Crippen molar-refractivity contribution in [1.82, 2.24) is 0 Å². The van der Waals surface area contributed by atoms with E-state index in [9.17, 15) is 9.18 Å². The summed E-state index contributed by atoms with van der Waals surface area (Å²) in [6, 6.07) is 0. The van der Waals surface area contributed by atoms with Crippen molar-refractivity contribution in [1.29, 1.82) is 0 Å². The van der Waals surface area contributed by atoms with Crippen molar-refractivity contribution in [3.8, 4) is 0 Å². The third-order valence-electron chi connectivity index (χ3n) is 2.22. The van der Waals surface area contributed by atoms with Crippen molar-refractivity contribution >= 4 is 11.9 Å². The van der Waals surface area contributed by atoms with Gasteiger partial charge in [0.1, 0.15) is 5.83 Å².